The van der Waals surface area contributed by atoms with Gasteiger partial charge >= 0.3 is 0 Å². The molecule has 0 saturated heterocycles. The van der Waals surface area contributed by atoms with Crippen LogP contribution in [0.4, 0.5) is 5.82 Å². The Kier molecular flexibility index (Phi) is 5.69. The van der Waals surface area contributed by atoms with Crippen LogP contribution >= 0.6 is 0 Å². The minimum atomic E-state index is -0.125. The molecule has 0 radical (unpaired) electrons. The second-order valence-corrected chi connectivity index (χ2v) is 6.98. The molecular formula is C20H25N5O2. The third-order valence-electron chi connectivity index (χ3n) is 4.42. The van der Waals surface area contributed by atoms with Crippen LogP contribution in [0.3, 0.4) is 0 Å². The van der Waals surface area contributed by atoms with Crippen LogP contribution in [0.15, 0.2) is 41.1 Å². The van der Waals surface area contributed by atoms with E-state index in [0.717, 1.165) is 11.1 Å². The number of carbonyl (C=O) groups excluding carboxylic acids is 1. The maximum Gasteiger partial charge on any atom is 0.227 e. The molecule has 0 unspecified atom stereocenters. The molecule has 1 N–H and O–H groups in total. The fourth-order valence-corrected chi connectivity index (χ4v) is 2.71. The molecule has 0 aliphatic rings. The summed E-state index contributed by atoms with van der Waals surface area (Å²) in [5.74, 6) is 1.80. The van der Waals surface area contributed by atoms with Gasteiger partial charge in [0.2, 0.25) is 11.8 Å². The number of rotatable bonds is 7. The van der Waals surface area contributed by atoms with E-state index in [1.54, 1.807) is 0 Å². The van der Waals surface area contributed by atoms with Crippen LogP contribution < -0.4 is 5.32 Å². The van der Waals surface area contributed by atoms with Crippen molar-refractivity contribution in [2.75, 3.05) is 5.32 Å². The number of hydrogen-bond acceptors (Lipinski definition) is 5. The van der Waals surface area contributed by atoms with Crippen molar-refractivity contribution in [2.45, 2.75) is 52.5 Å². The summed E-state index contributed by atoms with van der Waals surface area (Å²) >= 11 is 0. The van der Waals surface area contributed by atoms with Crippen molar-refractivity contribution in [3.8, 4) is 0 Å². The number of benzene rings is 1. The molecule has 27 heavy (non-hydrogen) atoms. The summed E-state index contributed by atoms with van der Waals surface area (Å²) in [4.78, 5) is 16.6. The standard InChI is InChI=1S/C20H25N5O2/c1-13(2)19-22-18(27-24-19)11-10-17(26)21-20-14(3)12-25(23-20)15(4)16-8-6-5-7-9-16/h5-9,12-13,15H,10-11H2,1-4H3,(H,21,23,26)/t15-/m0/s1. The van der Waals surface area contributed by atoms with Gasteiger partial charge in [-0.3, -0.25) is 9.48 Å². The lowest BCUT2D eigenvalue weighted by Crippen LogP contribution is -2.14. The van der Waals surface area contributed by atoms with Gasteiger partial charge in [0.1, 0.15) is 0 Å². The molecule has 0 aliphatic carbocycles. The lowest BCUT2D eigenvalue weighted by molar-refractivity contribution is -0.116. The Morgan fingerprint density at radius 1 is 1.22 bits per heavy atom. The minimum absolute atomic E-state index is 0.0865. The summed E-state index contributed by atoms with van der Waals surface area (Å²) < 4.78 is 7.04. The van der Waals surface area contributed by atoms with Crippen molar-refractivity contribution in [2.24, 2.45) is 0 Å². The average molecular weight is 367 g/mol. The number of amides is 1. The number of aryl methyl sites for hydroxylation is 2. The summed E-state index contributed by atoms with van der Waals surface area (Å²) in [6, 6.07) is 10.2. The lowest BCUT2D eigenvalue weighted by Gasteiger charge is -2.12. The lowest BCUT2D eigenvalue weighted by atomic mass is 10.1. The van der Waals surface area contributed by atoms with E-state index in [1.165, 1.54) is 0 Å². The molecule has 0 bridgehead atoms. The Bertz CT molecular complexity index is 898. The smallest absolute Gasteiger partial charge is 0.227 e. The molecular weight excluding hydrogens is 342 g/mol. The van der Waals surface area contributed by atoms with E-state index < -0.39 is 0 Å². The Labute approximate surface area is 158 Å². The molecule has 3 rings (SSSR count). The van der Waals surface area contributed by atoms with E-state index in [0.29, 0.717) is 24.0 Å². The Balaban J connectivity index is 1.60. The topological polar surface area (TPSA) is 85.8 Å². The number of hydrogen-bond donors (Lipinski definition) is 1. The zero-order valence-corrected chi connectivity index (χ0v) is 16.1. The van der Waals surface area contributed by atoms with E-state index in [-0.39, 0.29) is 24.3 Å². The van der Waals surface area contributed by atoms with Crippen LogP contribution in [-0.2, 0) is 11.2 Å². The molecule has 1 atom stereocenters. The third kappa shape index (κ3) is 4.61. The Morgan fingerprint density at radius 3 is 2.63 bits per heavy atom. The molecule has 3 aromatic rings. The zero-order chi connectivity index (χ0) is 19.4. The highest BCUT2D eigenvalue weighted by molar-refractivity contribution is 5.90. The maximum absolute atomic E-state index is 12.3. The van der Waals surface area contributed by atoms with Gasteiger partial charge in [-0.25, -0.2) is 0 Å². The predicted molar refractivity (Wildman–Crippen MR) is 103 cm³/mol. The van der Waals surface area contributed by atoms with Crippen molar-refractivity contribution < 1.29 is 9.32 Å². The molecule has 2 aromatic heterocycles. The number of carbonyl (C=O) groups is 1. The van der Waals surface area contributed by atoms with Gasteiger partial charge in [0.15, 0.2) is 11.6 Å². The van der Waals surface area contributed by atoms with Gasteiger partial charge in [0, 0.05) is 30.5 Å². The SMILES string of the molecule is Cc1cn([C@@H](C)c2ccccc2)nc1NC(=O)CCc1nc(C(C)C)no1. The van der Waals surface area contributed by atoms with E-state index in [2.05, 4.69) is 39.6 Å². The van der Waals surface area contributed by atoms with Crippen LogP contribution in [-0.4, -0.2) is 25.8 Å². The van der Waals surface area contributed by atoms with Gasteiger partial charge in [0.05, 0.1) is 6.04 Å². The molecule has 7 heteroatoms. The summed E-state index contributed by atoms with van der Waals surface area (Å²) in [7, 11) is 0. The van der Waals surface area contributed by atoms with Gasteiger partial charge in [-0.15, -0.1) is 0 Å². The fourth-order valence-electron chi connectivity index (χ4n) is 2.71. The summed E-state index contributed by atoms with van der Waals surface area (Å²) in [6.45, 7) is 8.01. The van der Waals surface area contributed by atoms with Gasteiger partial charge in [-0.05, 0) is 19.4 Å². The van der Waals surface area contributed by atoms with Crippen molar-refractivity contribution in [1.82, 2.24) is 19.9 Å². The van der Waals surface area contributed by atoms with Gasteiger partial charge < -0.3 is 9.84 Å². The number of nitrogens with one attached hydrogen (secondary N) is 1. The van der Waals surface area contributed by atoms with Crippen LogP contribution in [0.25, 0.3) is 0 Å². The highest BCUT2D eigenvalue weighted by Gasteiger charge is 2.15. The molecule has 0 saturated carbocycles. The first-order chi connectivity index (χ1) is 12.9. The van der Waals surface area contributed by atoms with Gasteiger partial charge in [-0.2, -0.15) is 10.1 Å². The van der Waals surface area contributed by atoms with Crippen molar-refractivity contribution in [3.05, 3.63) is 59.4 Å². The summed E-state index contributed by atoms with van der Waals surface area (Å²) in [5, 5.41) is 11.3. The molecule has 142 valence electrons. The molecule has 1 amide bonds. The second-order valence-electron chi connectivity index (χ2n) is 6.98. The van der Waals surface area contributed by atoms with Gasteiger partial charge in [0.25, 0.3) is 0 Å². The van der Waals surface area contributed by atoms with E-state index in [9.17, 15) is 4.79 Å². The normalized spacial score (nSPS) is 12.3. The fraction of sp³-hybridized carbons (Fsp3) is 0.400. The first-order valence-electron chi connectivity index (χ1n) is 9.17. The predicted octanol–water partition coefficient (Wildman–Crippen LogP) is 3.88. The maximum atomic E-state index is 12.3. The van der Waals surface area contributed by atoms with Crippen molar-refractivity contribution in [1.29, 1.82) is 0 Å². The molecule has 7 nitrogen and oxygen atoms in total. The zero-order valence-electron chi connectivity index (χ0n) is 16.1. The number of nitrogens with zero attached hydrogens (tertiary/aromatic N) is 4. The van der Waals surface area contributed by atoms with Crippen LogP contribution in [0.2, 0.25) is 0 Å². The highest BCUT2D eigenvalue weighted by Crippen LogP contribution is 2.21. The second kappa shape index (κ2) is 8.16. The van der Waals surface area contributed by atoms with Crippen LogP contribution in [0, 0.1) is 6.92 Å². The Hall–Kier alpha value is -2.96. The average Bonchev–Trinajstić information content (AvgIpc) is 3.27. The van der Waals surface area contributed by atoms with E-state index in [4.69, 9.17) is 4.52 Å². The van der Waals surface area contributed by atoms with E-state index >= 15 is 0 Å². The molecule has 2 heterocycles. The quantitative estimate of drug-likeness (QED) is 0.685. The number of anilines is 1. The Morgan fingerprint density at radius 2 is 1.96 bits per heavy atom. The molecule has 1 aromatic carbocycles. The molecule has 0 aliphatic heterocycles. The highest BCUT2D eigenvalue weighted by atomic mass is 16.5. The van der Waals surface area contributed by atoms with E-state index in [1.807, 2.05) is 49.8 Å². The molecule has 0 fully saturated rings. The largest absolute Gasteiger partial charge is 0.339 e. The first-order valence-corrected chi connectivity index (χ1v) is 9.17. The third-order valence-corrected chi connectivity index (χ3v) is 4.42. The minimum Gasteiger partial charge on any atom is -0.339 e. The summed E-state index contributed by atoms with van der Waals surface area (Å²) in [5.41, 5.74) is 2.08. The van der Waals surface area contributed by atoms with Crippen molar-refractivity contribution >= 4 is 11.7 Å². The van der Waals surface area contributed by atoms with Crippen LogP contribution in [0.5, 0.6) is 0 Å². The van der Waals surface area contributed by atoms with Crippen molar-refractivity contribution in [3.63, 3.8) is 0 Å². The summed E-state index contributed by atoms with van der Waals surface area (Å²) in [6.07, 6.45) is 2.62. The van der Waals surface area contributed by atoms with Gasteiger partial charge in [-0.1, -0.05) is 49.3 Å². The first kappa shape index (κ1) is 18.8. The molecule has 0 spiro atoms. The number of aromatic nitrogens is 4. The van der Waals surface area contributed by atoms with Crippen LogP contribution in [0.1, 0.15) is 62.0 Å². The monoisotopic (exact) mass is 367 g/mol.